The van der Waals surface area contributed by atoms with Gasteiger partial charge in [-0.15, -0.1) is 0 Å². The van der Waals surface area contributed by atoms with Crippen LogP contribution in [-0.4, -0.2) is 57.4 Å². The third-order valence-corrected chi connectivity index (χ3v) is 5.41. The maximum absolute atomic E-state index is 8.81. The summed E-state index contributed by atoms with van der Waals surface area (Å²) in [7, 11) is 4.07. The van der Waals surface area contributed by atoms with Crippen LogP contribution in [0.15, 0.2) is 66.1 Å². The molecule has 8 nitrogen and oxygen atoms in total. The number of imidazole rings is 1. The van der Waals surface area contributed by atoms with Gasteiger partial charge in [0.05, 0.1) is 16.7 Å². The number of aromatic nitrogens is 4. The molecule has 0 amide bonds. The molecule has 4 rings (SSSR count). The van der Waals surface area contributed by atoms with Crippen molar-refractivity contribution < 1.29 is 0 Å². The highest BCUT2D eigenvalue weighted by atomic mass is 15.0. The van der Waals surface area contributed by atoms with Crippen molar-refractivity contribution in [1.29, 1.82) is 5.41 Å². The molecular weight excluding hydrogens is 424 g/mol. The molecule has 0 aliphatic rings. The minimum absolute atomic E-state index is 0.178. The molecule has 0 saturated heterocycles. The Hall–Kier alpha value is -4.17. The van der Waals surface area contributed by atoms with E-state index in [-0.39, 0.29) is 11.5 Å². The minimum atomic E-state index is 0.178. The van der Waals surface area contributed by atoms with Crippen LogP contribution in [-0.2, 0) is 0 Å². The summed E-state index contributed by atoms with van der Waals surface area (Å²) in [5, 5.41) is 8.81. The Morgan fingerprint density at radius 3 is 2.79 bits per heavy atom. The molecule has 0 fully saturated rings. The number of nitrogens with zero attached hydrogens (tertiary/aromatic N) is 5. The van der Waals surface area contributed by atoms with Gasteiger partial charge in [0.2, 0.25) is 0 Å². The monoisotopic (exact) mass is 452 g/mol. The fourth-order valence-electron chi connectivity index (χ4n) is 3.53. The second-order valence-corrected chi connectivity index (χ2v) is 8.27. The maximum Gasteiger partial charge on any atom is 0.157 e. The first-order valence-corrected chi connectivity index (χ1v) is 11.0. The van der Waals surface area contributed by atoms with E-state index in [2.05, 4.69) is 24.8 Å². The molecule has 4 N–H and O–H groups in total. The molecule has 0 unspecified atom stereocenters. The predicted octanol–water partition coefficient (Wildman–Crippen LogP) is 4.40. The normalized spacial score (nSPS) is 12.2. The van der Waals surface area contributed by atoms with Crippen molar-refractivity contribution in [2.45, 2.75) is 13.3 Å². The topological polar surface area (TPSA) is 120 Å². The number of allylic oxidation sites excluding steroid dienone is 1. The summed E-state index contributed by atoms with van der Waals surface area (Å²) in [6, 6.07) is 13.5. The van der Waals surface area contributed by atoms with Crippen molar-refractivity contribution in [2.24, 2.45) is 4.99 Å². The van der Waals surface area contributed by atoms with Gasteiger partial charge in [0.15, 0.2) is 5.82 Å². The van der Waals surface area contributed by atoms with Gasteiger partial charge in [0.1, 0.15) is 11.5 Å². The van der Waals surface area contributed by atoms with Crippen LogP contribution in [0, 0.1) is 5.41 Å². The van der Waals surface area contributed by atoms with Gasteiger partial charge in [-0.1, -0.05) is 18.2 Å². The first kappa shape index (κ1) is 23.0. The molecule has 0 bridgehead atoms. The van der Waals surface area contributed by atoms with Crippen LogP contribution in [0.25, 0.3) is 27.9 Å². The molecule has 3 aromatic heterocycles. The number of H-pyrrole nitrogens is 1. The van der Waals surface area contributed by atoms with E-state index in [1.54, 1.807) is 18.6 Å². The number of para-hydroxylation sites is 1. The van der Waals surface area contributed by atoms with E-state index in [9.17, 15) is 0 Å². The zero-order valence-electron chi connectivity index (χ0n) is 19.6. The summed E-state index contributed by atoms with van der Waals surface area (Å²) >= 11 is 0. The number of benzene rings is 1. The highest BCUT2D eigenvalue weighted by Gasteiger charge is 2.17. The first-order chi connectivity index (χ1) is 16.4. The fraction of sp³-hybridized carbons (Fsp3) is 0.192. The van der Waals surface area contributed by atoms with Crippen LogP contribution >= 0.6 is 0 Å². The van der Waals surface area contributed by atoms with Crippen LogP contribution < -0.4 is 5.73 Å². The van der Waals surface area contributed by atoms with Gasteiger partial charge in [-0.3, -0.25) is 15.4 Å². The van der Waals surface area contributed by atoms with E-state index in [4.69, 9.17) is 16.1 Å². The van der Waals surface area contributed by atoms with E-state index < -0.39 is 0 Å². The van der Waals surface area contributed by atoms with E-state index >= 15 is 0 Å². The Balaban J connectivity index is 1.63. The highest BCUT2D eigenvalue weighted by Crippen LogP contribution is 2.27. The lowest BCUT2D eigenvalue weighted by Gasteiger charge is -2.08. The molecule has 0 aliphatic carbocycles. The second-order valence-electron chi connectivity index (χ2n) is 8.27. The van der Waals surface area contributed by atoms with E-state index in [1.807, 2.05) is 69.7 Å². The predicted molar refractivity (Wildman–Crippen MR) is 139 cm³/mol. The van der Waals surface area contributed by atoms with Crippen molar-refractivity contribution in [3.05, 3.63) is 78.0 Å². The zero-order valence-corrected chi connectivity index (χ0v) is 19.6. The molecule has 8 heteroatoms. The summed E-state index contributed by atoms with van der Waals surface area (Å²) in [4.78, 5) is 23.2. The zero-order chi connectivity index (χ0) is 24.1. The molecule has 0 saturated carbocycles. The molecule has 3 heterocycles. The van der Waals surface area contributed by atoms with Crippen molar-refractivity contribution in [2.75, 3.05) is 26.4 Å². The number of hydrogen-bond acceptors (Lipinski definition) is 7. The second kappa shape index (κ2) is 10.2. The third-order valence-electron chi connectivity index (χ3n) is 5.41. The Morgan fingerprint density at radius 2 is 2.03 bits per heavy atom. The average molecular weight is 453 g/mol. The van der Waals surface area contributed by atoms with E-state index in [1.165, 1.54) is 0 Å². The summed E-state index contributed by atoms with van der Waals surface area (Å²) in [6.45, 7) is 2.91. The maximum atomic E-state index is 8.81. The number of aliphatic imine (C=N–C) groups is 1. The lowest BCUT2D eigenvalue weighted by atomic mass is 10.0. The van der Waals surface area contributed by atoms with Gasteiger partial charge < -0.3 is 15.6 Å². The Labute approximate surface area is 198 Å². The number of pyridine rings is 2. The average Bonchev–Trinajstić information content (AvgIpc) is 3.28. The summed E-state index contributed by atoms with van der Waals surface area (Å²) in [5.74, 6) is 0.703. The number of fused-ring (bicyclic) bond motifs is 1. The molecular formula is C26H28N8. The van der Waals surface area contributed by atoms with Crippen LogP contribution in [0.2, 0.25) is 0 Å². The first-order valence-electron chi connectivity index (χ1n) is 11.0. The van der Waals surface area contributed by atoms with Crippen molar-refractivity contribution in [3.63, 3.8) is 0 Å². The van der Waals surface area contributed by atoms with Crippen LogP contribution in [0.1, 0.15) is 30.3 Å². The molecule has 0 radical (unpaired) electrons. The minimum Gasteiger partial charge on any atom is -0.383 e. The third kappa shape index (κ3) is 5.07. The van der Waals surface area contributed by atoms with Crippen LogP contribution in [0.5, 0.6) is 0 Å². The lowest BCUT2D eigenvalue weighted by molar-refractivity contribution is 0.423. The Kier molecular flexibility index (Phi) is 6.89. The quantitative estimate of drug-likeness (QED) is 0.342. The van der Waals surface area contributed by atoms with E-state index in [0.717, 1.165) is 46.4 Å². The van der Waals surface area contributed by atoms with Crippen molar-refractivity contribution in [1.82, 2.24) is 24.8 Å². The number of nitrogen functional groups attached to an aromatic ring is 1. The van der Waals surface area contributed by atoms with Crippen LogP contribution in [0.4, 0.5) is 5.82 Å². The standard InChI is InChI=1S/C26H28N8/c1-17(15-29-11-7-13-34(2)3)18-14-20(25(28)31-16-18)23(27)26-32-22-10-6-8-19(24(22)33-26)21-9-4-5-12-30-21/h4-6,8-12,14-16,27H,7,13H2,1-3H3,(H2,28,31)(H,32,33). The molecule has 34 heavy (non-hydrogen) atoms. The summed E-state index contributed by atoms with van der Waals surface area (Å²) in [5.41, 5.74) is 11.9. The van der Waals surface area contributed by atoms with Crippen LogP contribution in [0.3, 0.4) is 0 Å². The number of nitrogens with two attached hydrogens (primary N) is 1. The summed E-state index contributed by atoms with van der Waals surface area (Å²) in [6.07, 6.45) is 8.02. The largest absolute Gasteiger partial charge is 0.383 e. The number of aromatic amines is 1. The number of nitrogens with one attached hydrogen (secondary N) is 2. The fourth-order valence-corrected chi connectivity index (χ4v) is 3.53. The number of anilines is 1. The molecule has 172 valence electrons. The lowest BCUT2D eigenvalue weighted by Crippen LogP contribution is -2.12. The van der Waals surface area contributed by atoms with Gasteiger partial charge in [-0.05, 0) is 62.8 Å². The van der Waals surface area contributed by atoms with Gasteiger partial charge in [-0.2, -0.15) is 0 Å². The van der Waals surface area contributed by atoms with Crippen molar-refractivity contribution in [3.8, 4) is 11.3 Å². The molecule has 0 spiro atoms. The smallest absolute Gasteiger partial charge is 0.157 e. The van der Waals surface area contributed by atoms with Crippen molar-refractivity contribution >= 4 is 34.4 Å². The Morgan fingerprint density at radius 1 is 1.18 bits per heavy atom. The van der Waals surface area contributed by atoms with E-state index in [0.29, 0.717) is 11.4 Å². The number of hydrogen-bond donors (Lipinski definition) is 3. The van der Waals surface area contributed by atoms with Gasteiger partial charge in [0, 0.05) is 42.5 Å². The number of rotatable bonds is 8. The Bertz CT molecular complexity index is 1370. The van der Waals surface area contributed by atoms with Gasteiger partial charge in [0.25, 0.3) is 0 Å². The molecule has 0 aliphatic heterocycles. The van der Waals surface area contributed by atoms with Gasteiger partial charge >= 0.3 is 0 Å². The summed E-state index contributed by atoms with van der Waals surface area (Å²) < 4.78 is 0. The SMILES string of the molecule is CC(=CN=CCCN(C)C)c1cnc(N)c(C(=N)c2nc3c(-c4ccccn4)cccc3[nH]2)c1. The van der Waals surface area contributed by atoms with Gasteiger partial charge in [-0.25, -0.2) is 9.97 Å². The highest BCUT2D eigenvalue weighted by molar-refractivity contribution is 6.13. The molecule has 0 atom stereocenters. The molecule has 1 aromatic carbocycles. The molecule has 4 aromatic rings.